The molecule has 0 radical (unpaired) electrons. The van der Waals surface area contributed by atoms with Crippen LogP contribution in [0.25, 0.3) is 0 Å². The Hall–Kier alpha value is -0.640. The van der Waals surface area contributed by atoms with E-state index in [1.165, 1.54) is 0 Å². The number of thioether (sulfide) groups is 1. The molecule has 0 atom stereocenters. The van der Waals surface area contributed by atoms with E-state index >= 15 is 0 Å². The van der Waals surface area contributed by atoms with E-state index in [4.69, 9.17) is 5.11 Å². The Bertz CT molecular complexity index is 474. The maximum atomic E-state index is 13.0. The Kier molecular flexibility index (Phi) is 4.35. The minimum Gasteiger partial charge on any atom is -0.507 e. The van der Waals surface area contributed by atoms with Gasteiger partial charge >= 0.3 is 17.4 Å². The summed E-state index contributed by atoms with van der Waals surface area (Å²) in [5, 5.41) is 3.69. The van der Waals surface area contributed by atoms with E-state index in [2.05, 4.69) is 15.9 Å². The molecule has 0 aromatic heterocycles. The van der Waals surface area contributed by atoms with Crippen molar-refractivity contribution in [3.05, 3.63) is 22.7 Å². The highest BCUT2D eigenvalue weighted by molar-refractivity contribution is 9.10. The summed E-state index contributed by atoms with van der Waals surface area (Å²) < 4.78 is 86.8. The maximum absolute atomic E-state index is 13.0. The molecule has 108 valence electrons. The first-order valence-corrected chi connectivity index (χ1v) is 5.99. The Balaban J connectivity index is 3.05. The highest BCUT2D eigenvalue weighted by atomic mass is 79.9. The van der Waals surface area contributed by atoms with Crippen molar-refractivity contribution in [2.45, 2.75) is 22.2 Å². The van der Waals surface area contributed by atoms with E-state index in [9.17, 15) is 30.7 Å². The van der Waals surface area contributed by atoms with Gasteiger partial charge in [-0.25, -0.2) is 0 Å². The summed E-state index contributed by atoms with van der Waals surface area (Å²) >= 11 is 1.78. The molecule has 0 aliphatic rings. The molecule has 10 heteroatoms. The van der Waals surface area contributed by atoms with Crippen LogP contribution in [0.15, 0.2) is 27.6 Å². The van der Waals surface area contributed by atoms with Crippen LogP contribution in [0.2, 0.25) is 0 Å². The van der Waals surface area contributed by atoms with Gasteiger partial charge < -0.3 is 5.11 Å². The largest absolute Gasteiger partial charge is 0.507 e. The first-order chi connectivity index (χ1) is 8.38. The van der Waals surface area contributed by atoms with Crippen molar-refractivity contribution < 1.29 is 35.8 Å². The Morgan fingerprint density at radius 1 is 1.00 bits per heavy atom. The van der Waals surface area contributed by atoms with Crippen molar-refractivity contribution in [2.75, 3.05) is 0 Å². The summed E-state index contributed by atoms with van der Waals surface area (Å²) in [6, 6.07) is 2.49. The Morgan fingerprint density at radius 2 is 1.53 bits per heavy atom. The second-order valence-electron chi connectivity index (χ2n) is 3.30. The third kappa shape index (κ3) is 3.28. The molecule has 1 aromatic rings. The monoisotopic (exact) mass is 372 g/mol. The molecule has 0 bridgehead atoms. The highest BCUT2D eigenvalue weighted by Crippen LogP contribution is 2.54. The molecule has 19 heavy (non-hydrogen) atoms. The number of alkyl halides is 7. The van der Waals surface area contributed by atoms with Gasteiger partial charge in [-0.2, -0.15) is 30.7 Å². The van der Waals surface area contributed by atoms with Gasteiger partial charge in [0.1, 0.15) is 5.75 Å². The Labute approximate surface area is 114 Å². The molecule has 0 aliphatic heterocycles. The lowest BCUT2D eigenvalue weighted by molar-refractivity contribution is -0.330. The molecule has 1 N–H and O–H groups in total. The topological polar surface area (TPSA) is 20.2 Å². The number of aromatic hydroxyl groups is 1. The van der Waals surface area contributed by atoms with E-state index in [1.54, 1.807) is 0 Å². The molecule has 0 fully saturated rings. The van der Waals surface area contributed by atoms with Gasteiger partial charge in [0.25, 0.3) is 0 Å². The first kappa shape index (κ1) is 16.4. The zero-order valence-electron chi connectivity index (χ0n) is 8.61. The minimum atomic E-state index is -6.36. The normalized spacial score (nSPS) is 13.7. The molecular weight excluding hydrogens is 369 g/mol. The molecule has 0 spiro atoms. The number of hydrogen-bond acceptors (Lipinski definition) is 2. The third-order valence-corrected chi connectivity index (χ3v) is 3.52. The van der Waals surface area contributed by atoms with E-state index in [0.717, 1.165) is 18.2 Å². The van der Waals surface area contributed by atoms with Crippen LogP contribution < -0.4 is 0 Å². The van der Waals surface area contributed by atoms with Crippen LogP contribution in [0.3, 0.4) is 0 Å². The third-order valence-electron chi connectivity index (χ3n) is 1.89. The van der Waals surface area contributed by atoms with Crippen LogP contribution in [0.5, 0.6) is 5.75 Å². The summed E-state index contributed by atoms with van der Waals surface area (Å²) in [4.78, 5) is -0.557. The van der Waals surface area contributed by atoms with Gasteiger partial charge in [-0.3, -0.25) is 0 Å². The van der Waals surface area contributed by atoms with Gasteiger partial charge in [0, 0.05) is 4.90 Å². The van der Waals surface area contributed by atoms with Crippen molar-refractivity contribution in [3.8, 4) is 5.75 Å². The van der Waals surface area contributed by atoms with Gasteiger partial charge in [0.05, 0.1) is 4.47 Å². The van der Waals surface area contributed by atoms with Crippen LogP contribution in [0.4, 0.5) is 30.7 Å². The smallest absolute Gasteiger partial charge is 0.460 e. The van der Waals surface area contributed by atoms with Gasteiger partial charge in [-0.05, 0) is 45.9 Å². The lowest BCUT2D eigenvalue weighted by Crippen LogP contribution is -2.49. The number of phenolic OH excluding ortho intramolecular Hbond substituents is 1. The number of hydrogen-bond donors (Lipinski definition) is 1. The lowest BCUT2D eigenvalue weighted by Gasteiger charge is -2.27. The fourth-order valence-corrected chi connectivity index (χ4v) is 2.31. The van der Waals surface area contributed by atoms with E-state index in [0.29, 0.717) is 0 Å². The molecule has 0 saturated carbocycles. The zero-order chi connectivity index (χ0) is 15.1. The van der Waals surface area contributed by atoms with Crippen LogP contribution in [-0.4, -0.2) is 22.5 Å². The summed E-state index contributed by atoms with van der Waals surface area (Å²) in [5.41, 5.74) is 0. The number of halogens is 8. The average molecular weight is 373 g/mol. The van der Waals surface area contributed by atoms with Crippen molar-refractivity contribution in [3.63, 3.8) is 0 Å². The van der Waals surface area contributed by atoms with Crippen LogP contribution in [-0.2, 0) is 0 Å². The molecule has 0 saturated heterocycles. The van der Waals surface area contributed by atoms with E-state index in [1.807, 2.05) is 0 Å². The summed E-state index contributed by atoms with van der Waals surface area (Å²) in [6.07, 6.45) is -6.36. The number of rotatable bonds is 3. The molecule has 0 heterocycles. The van der Waals surface area contributed by atoms with Crippen LogP contribution >= 0.6 is 27.7 Å². The van der Waals surface area contributed by atoms with Crippen molar-refractivity contribution in [1.82, 2.24) is 0 Å². The molecule has 0 aliphatic carbocycles. The summed E-state index contributed by atoms with van der Waals surface area (Å²) in [7, 11) is 0. The summed E-state index contributed by atoms with van der Waals surface area (Å²) in [5.74, 6) is -6.54. The number of benzene rings is 1. The highest BCUT2D eigenvalue weighted by Gasteiger charge is 2.73. The fraction of sp³-hybridized carbons (Fsp3) is 0.333. The molecular formula is C9H4BrF7OS. The Morgan fingerprint density at radius 3 is 1.95 bits per heavy atom. The fourth-order valence-electron chi connectivity index (χ4n) is 0.928. The zero-order valence-corrected chi connectivity index (χ0v) is 11.0. The van der Waals surface area contributed by atoms with Crippen molar-refractivity contribution in [2.24, 2.45) is 0 Å². The van der Waals surface area contributed by atoms with E-state index < -0.39 is 34.0 Å². The molecule has 1 rings (SSSR count). The SMILES string of the molecule is Oc1ccc(SC(F)(F)C(F)(F)C(F)(F)F)cc1Br. The molecule has 1 nitrogen and oxygen atoms in total. The second-order valence-corrected chi connectivity index (χ2v) is 5.35. The van der Waals surface area contributed by atoms with Gasteiger partial charge in [0.15, 0.2) is 0 Å². The first-order valence-electron chi connectivity index (χ1n) is 4.38. The molecule has 0 amide bonds. The standard InChI is InChI=1S/C9H4BrF7OS/c10-5-3-4(1-2-6(5)18)19-9(16,17)7(11,12)8(13,14)15/h1-3,18H. The second kappa shape index (κ2) is 5.04. The van der Waals surface area contributed by atoms with Gasteiger partial charge in [0.2, 0.25) is 0 Å². The predicted octanol–water partition coefficient (Wildman–Crippen LogP) is 5.04. The van der Waals surface area contributed by atoms with Gasteiger partial charge in [-0.15, -0.1) is 0 Å². The van der Waals surface area contributed by atoms with Crippen molar-refractivity contribution >= 4 is 27.7 Å². The van der Waals surface area contributed by atoms with Crippen LogP contribution in [0.1, 0.15) is 0 Å². The maximum Gasteiger partial charge on any atom is 0.460 e. The number of phenols is 1. The quantitative estimate of drug-likeness (QED) is 0.592. The molecule has 0 unspecified atom stereocenters. The minimum absolute atomic E-state index is 0.108. The summed E-state index contributed by atoms with van der Waals surface area (Å²) in [6.45, 7) is 0. The lowest BCUT2D eigenvalue weighted by atomic mass is 10.3. The average Bonchev–Trinajstić information content (AvgIpc) is 2.21. The van der Waals surface area contributed by atoms with Crippen LogP contribution in [0, 0.1) is 0 Å². The van der Waals surface area contributed by atoms with Crippen molar-refractivity contribution in [1.29, 1.82) is 0 Å². The molecule has 1 aromatic carbocycles. The predicted molar refractivity (Wildman–Crippen MR) is 57.6 cm³/mol. The van der Waals surface area contributed by atoms with E-state index in [-0.39, 0.29) is 10.2 Å². The van der Waals surface area contributed by atoms with Gasteiger partial charge in [-0.1, -0.05) is 0 Å².